The molecule has 0 aliphatic rings. The van der Waals surface area contributed by atoms with Crippen molar-refractivity contribution >= 4 is 22.2 Å². The third-order valence-corrected chi connectivity index (χ3v) is 3.06. The van der Waals surface area contributed by atoms with Gasteiger partial charge < -0.3 is 11.1 Å². The molecule has 0 saturated carbocycles. The zero-order valence-corrected chi connectivity index (χ0v) is 10.2. The minimum atomic E-state index is -0.785. The Labute approximate surface area is 93.5 Å². The molecule has 0 fully saturated rings. The maximum atomic E-state index is 11.0. The highest BCUT2D eigenvalue weighted by atomic mass is 32.2. The highest BCUT2D eigenvalue weighted by Gasteiger charge is 2.06. The van der Waals surface area contributed by atoms with E-state index in [0.29, 0.717) is 5.75 Å². The van der Waals surface area contributed by atoms with E-state index in [1.54, 1.807) is 6.26 Å². The third kappa shape index (κ3) is 3.91. The normalized spacial score (nSPS) is 14.6. The van der Waals surface area contributed by atoms with Gasteiger partial charge >= 0.3 is 0 Å². The molecule has 0 bridgehead atoms. The standard InChI is InChI=1S/C11H18N2OS/c1-8-4-5-10(12)11(6-8)13-9(2)7-15(3)14/h4-6,9,13H,7,12H2,1-3H3. The van der Waals surface area contributed by atoms with Crippen molar-refractivity contribution < 1.29 is 4.21 Å². The minimum absolute atomic E-state index is 0.167. The second-order valence-corrected chi connectivity index (χ2v) is 5.36. The fourth-order valence-electron chi connectivity index (χ4n) is 1.45. The Morgan fingerprint density at radius 2 is 2.20 bits per heavy atom. The largest absolute Gasteiger partial charge is 0.397 e. The van der Waals surface area contributed by atoms with E-state index in [0.717, 1.165) is 16.9 Å². The number of hydrogen-bond donors (Lipinski definition) is 2. The molecule has 84 valence electrons. The number of hydrogen-bond acceptors (Lipinski definition) is 3. The van der Waals surface area contributed by atoms with E-state index in [1.807, 2.05) is 32.0 Å². The van der Waals surface area contributed by atoms with Crippen molar-refractivity contribution in [2.45, 2.75) is 19.9 Å². The molecule has 0 heterocycles. The Balaban J connectivity index is 2.71. The van der Waals surface area contributed by atoms with Crippen molar-refractivity contribution in [1.82, 2.24) is 0 Å². The van der Waals surface area contributed by atoms with Gasteiger partial charge in [0, 0.05) is 28.9 Å². The number of nitrogens with one attached hydrogen (secondary N) is 1. The summed E-state index contributed by atoms with van der Waals surface area (Å²) in [6.45, 7) is 4.02. The average molecular weight is 226 g/mol. The first-order valence-electron chi connectivity index (χ1n) is 4.91. The lowest BCUT2D eigenvalue weighted by atomic mass is 10.2. The highest BCUT2D eigenvalue weighted by Crippen LogP contribution is 2.20. The van der Waals surface area contributed by atoms with Crippen molar-refractivity contribution in [3.8, 4) is 0 Å². The van der Waals surface area contributed by atoms with Crippen molar-refractivity contribution in [3.05, 3.63) is 23.8 Å². The Bertz CT molecular complexity index is 366. The maximum absolute atomic E-state index is 11.0. The van der Waals surface area contributed by atoms with E-state index in [-0.39, 0.29) is 6.04 Å². The molecule has 0 aromatic heterocycles. The van der Waals surface area contributed by atoms with Crippen LogP contribution in [-0.2, 0) is 10.8 Å². The van der Waals surface area contributed by atoms with Crippen LogP contribution in [0, 0.1) is 6.92 Å². The summed E-state index contributed by atoms with van der Waals surface area (Å²) < 4.78 is 11.0. The van der Waals surface area contributed by atoms with Gasteiger partial charge in [0.05, 0.1) is 11.4 Å². The lowest BCUT2D eigenvalue weighted by molar-refractivity contribution is 0.683. The Morgan fingerprint density at radius 3 is 2.80 bits per heavy atom. The van der Waals surface area contributed by atoms with Crippen LogP contribution in [0.25, 0.3) is 0 Å². The maximum Gasteiger partial charge on any atom is 0.0578 e. The Morgan fingerprint density at radius 1 is 1.53 bits per heavy atom. The van der Waals surface area contributed by atoms with Gasteiger partial charge in [-0.05, 0) is 31.5 Å². The Kier molecular flexibility index (Phi) is 4.15. The first-order chi connectivity index (χ1) is 6.99. The fraction of sp³-hybridized carbons (Fsp3) is 0.455. The highest BCUT2D eigenvalue weighted by molar-refractivity contribution is 7.84. The molecule has 0 spiro atoms. The molecule has 0 saturated heterocycles. The second kappa shape index (κ2) is 5.16. The van der Waals surface area contributed by atoms with E-state index >= 15 is 0 Å². The summed E-state index contributed by atoms with van der Waals surface area (Å²) >= 11 is 0. The molecule has 2 atom stereocenters. The van der Waals surface area contributed by atoms with Crippen LogP contribution >= 0.6 is 0 Å². The van der Waals surface area contributed by atoms with Crippen molar-refractivity contribution in [2.75, 3.05) is 23.1 Å². The lowest BCUT2D eigenvalue weighted by Crippen LogP contribution is -2.22. The van der Waals surface area contributed by atoms with E-state index in [2.05, 4.69) is 5.32 Å². The first-order valence-corrected chi connectivity index (χ1v) is 6.64. The van der Waals surface area contributed by atoms with Gasteiger partial charge in [-0.3, -0.25) is 4.21 Å². The van der Waals surface area contributed by atoms with Crippen molar-refractivity contribution in [1.29, 1.82) is 0 Å². The van der Waals surface area contributed by atoms with Crippen LogP contribution in [0.2, 0.25) is 0 Å². The van der Waals surface area contributed by atoms with Crippen molar-refractivity contribution in [3.63, 3.8) is 0 Å². The van der Waals surface area contributed by atoms with Gasteiger partial charge in [-0.2, -0.15) is 0 Å². The molecule has 3 nitrogen and oxygen atoms in total. The van der Waals surface area contributed by atoms with Gasteiger partial charge in [-0.1, -0.05) is 6.07 Å². The van der Waals surface area contributed by atoms with Gasteiger partial charge in [0.25, 0.3) is 0 Å². The van der Waals surface area contributed by atoms with E-state index in [4.69, 9.17) is 5.73 Å². The van der Waals surface area contributed by atoms with Crippen LogP contribution in [0.1, 0.15) is 12.5 Å². The van der Waals surface area contributed by atoms with Gasteiger partial charge in [-0.15, -0.1) is 0 Å². The molecule has 0 amide bonds. The van der Waals surface area contributed by atoms with E-state index < -0.39 is 10.8 Å². The molecule has 15 heavy (non-hydrogen) atoms. The number of aryl methyl sites for hydroxylation is 1. The molecule has 1 aromatic rings. The monoisotopic (exact) mass is 226 g/mol. The molecule has 0 aliphatic heterocycles. The zero-order valence-electron chi connectivity index (χ0n) is 9.41. The zero-order chi connectivity index (χ0) is 11.4. The van der Waals surface area contributed by atoms with Crippen LogP contribution in [0.3, 0.4) is 0 Å². The Hall–Kier alpha value is -1.03. The molecule has 3 N–H and O–H groups in total. The molecular formula is C11H18N2OS. The number of nitrogens with two attached hydrogens (primary N) is 1. The summed E-state index contributed by atoms with van der Waals surface area (Å²) in [5.41, 5.74) is 8.65. The number of rotatable bonds is 4. The van der Waals surface area contributed by atoms with Gasteiger partial charge in [0.2, 0.25) is 0 Å². The summed E-state index contributed by atoms with van der Waals surface area (Å²) in [6, 6.07) is 6.03. The van der Waals surface area contributed by atoms with Crippen LogP contribution < -0.4 is 11.1 Å². The predicted molar refractivity (Wildman–Crippen MR) is 67.6 cm³/mol. The van der Waals surface area contributed by atoms with E-state index in [1.165, 1.54) is 0 Å². The molecule has 0 aliphatic carbocycles. The van der Waals surface area contributed by atoms with Crippen molar-refractivity contribution in [2.24, 2.45) is 0 Å². The third-order valence-electron chi connectivity index (χ3n) is 2.10. The van der Waals surface area contributed by atoms with Crippen LogP contribution in [0.5, 0.6) is 0 Å². The predicted octanol–water partition coefficient (Wildman–Crippen LogP) is 1.76. The van der Waals surface area contributed by atoms with Gasteiger partial charge in [0.15, 0.2) is 0 Å². The van der Waals surface area contributed by atoms with Gasteiger partial charge in [0.1, 0.15) is 0 Å². The molecule has 1 rings (SSSR count). The molecule has 2 unspecified atom stereocenters. The summed E-state index contributed by atoms with van der Waals surface area (Å²) in [7, 11) is -0.785. The number of benzene rings is 1. The van der Waals surface area contributed by atoms with Crippen LogP contribution in [-0.4, -0.2) is 22.3 Å². The topological polar surface area (TPSA) is 55.1 Å². The van der Waals surface area contributed by atoms with Crippen LogP contribution in [0.15, 0.2) is 18.2 Å². The molecule has 0 radical (unpaired) electrons. The fourth-order valence-corrected chi connectivity index (χ4v) is 2.24. The molecular weight excluding hydrogens is 208 g/mol. The number of anilines is 2. The smallest absolute Gasteiger partial charge is 0.0578 e. The quantitative estimate of drug-likeness (QED) is 0.769. The first kappa shape index (κ1) is 12.0. The number of nitrogen functional groups attached to an aromatic ring is 1. The summed E-state index contributed by atoms with van der Waals surface area (Å²) in [5, 5.41) is 3.26. The second-order valence-electron chi connectivity index (χ2n) is 3.88. The van der Waals surface area contributed by atoms with E-state index in [9.17, 15) is 4.21 Å². The SMILES string of the molecule is Cc1ccc(N)c(NC(C)CS(C)=O)c1. The lowest BCUT2D eigenvalue weighted by Gasteiger charge is -2.16. The molecule has 1 aromatic carbocycles. The minimum Gasteiger partial charge on any atom is -0.397 e. The summed E-state index contributed by atoms with van der Waals surface area (Å²) in [6.07, 6.45) is 1.71. The average Bonchev–Trinajstić information content (AvgIpc) is 2.10. The summed E-state index contributed by atoms with van der Waals surface area (Å²) in [4.78, 5) is 0. The summed E-state index contributed by atoms with van der Waals surface area (Å²) in [5.74, 6) is 0.632. The van der Waals surface area contributed by atoms with Gasteiger partial charge in [-0.25, -0.2) is 0 Å². The van der Waals surface area contributed by atoms with Crippen LogP contribution in [0.4, 0.5) is 11.4 Å². The molecule has 4 heteroatoms.